The highest BCUT2D eigenvalue weighted by Crippen LogP contribution is 2.17. The van der Waals surface area contributed by atoms with Gasteiger partial charge in [0.15, 0.2) is 0 Å². The molecule has 21 heavy (non-hydrogen) atoms. The van der Waals surface area contributed by atoms with E-state index in [2.05, 4.69) is 60.2 Å². The van der Waals surface area contributed by atoms with Gasteiger partial charge in [0.25, 0.3) is 0 Å². The highest BCUT2D eigenvalue weighted by atomic mass is 16.4. The molecule has 4 heteroatoms. The summed E-state index contributed by atoms with van der Waals surface area (Å²) in [6.07, 6.45) is 4.31. The fraction of sp³-hybridized carbons (Fsp3) is 0.412. The quantitative estimate of drug-likeness (QED) is 0.840. The Hall–Kier alpha value is -1.94. The van der Waals surface area contributed by atoms with Crippen molar-refractivity contribution in [2.45, 2.75) is 39.8 Å². The van der Waals surface area contributed by atoms with Crippen molar-refractivity contribution < 1.29 is 4.42 Å². The van der Waals surface area contributed by atoms with Crippen molar-refractivity contribution in [2.75, 3.05) is 6.54 Å². The molecule has 0 N–H and O–H groups in total. The van der Waals surface area contributed by atoms with Gasteiger partial charge in [0.2, 0.25) is 11.8 Å². The van der Waals surface area contributed by atoms with Gasteiger partial charge < -0.3 is 4.42 Å². The normalized spacial score (nSPS) is 12.4. The number of rotatable bonds is 5. The first kappa shape index (κ1) is 15.4. The molecule has 2 rings (SSSR count). The molecule has 0 amide bonds. The van der Waals surface area contributed by atoms with Crippen molar-refractivity contribution in [2.24, 2.45) is 0 Å². The van der Waals surface area contributed by atoms with Crippen LogP contribution >= 0.6 is 0 Å². The van der Waals surface area contributed by atoms with Crippen LogP contribution in [0.15, 0.2) is 40.8 Å². The molecule has 1 aromatic carbocycles. The Balaban J connectivity index is 2.02. The molecule has 0 atom stereocenters. The van der Waals surface area contributed by atoms with Crippen LogP contribution in [0, 0.1) is 6.92 Å². The van der Waals surface area contributed by atoms with Gasteiger partial charge in [-0.15, -0.1) is 10.2 Å². The first-order valence-corrected chi connectivity index (χ1v) is 7.21. The van der Waals surface area contributed by atoms with Gasteiger partial charge >= 0.3 is 0 Å². The molecule has 1 heterocycles. The molecule has 0 aliphatic carbocycles. The van der Waals surface area contributed by atoms with Gasteiger partial charge in [0.05, 0.1) is 6.54 Å². The number of aryl methyl sites for hydroxylation is 1. The van der Waals surface area contributed by atoms with E-state index >= 15 is 0 Å². The third kappa shape index (κ3) is 4.83. The lowest BCUT2D eigenvalue weighted by molar-refractivity contribution is 0.131. The highest BCUT2D eigenvalue weighted by Gasteiger charge is 2.22. The van der Waals surface area contributed by atoms with Crippen molar-refractivity contribution >= 4 is 6.08 Å². The molecule has 0 fully saturated rings. The Bertz CT molecular complexity index is 582. The molecule has 2 aromatic rings. The second-order valence-electron chi connectivity index (χ2n) is 6.08. The van der Waals surface area contributed by atoms with E-state index in [9.17, 15) is 0 Å². The van der Waals surface area contributed by atoms with E-state index in [0.29, 0.717) is 18.3 Å². The van der Waals surface area contributed by atoms with Gasteiger partial charge in [-0.2, -0.15) is 0 Å². The maximum absolute atomic E-state index is 5.49. The summed E-state index contributed by atoms with van der Waals surface area (Å²) < 4.78 is 5.49. The van der Waals surface area contributed by atoms with Gasteiger partial charge in [-0.05, 0) is 26.3 Å². The van der Waals surface area contributed by atoms with E-state index in [1.807, 2.05) is 25.1 Å². The summed E-state index contributed by atoms with van der Waals surface area (Å²) >= 11 is 0. The van der Waals surface area contributed by atoms with Crippen molar-refractivity contribution in [1.29, 1.82) is 0 Å². The van der Waals surface area contributed by atoms with Crippen molar-refractivity contribution in [3.05, 3.63) is 53.8 Å². The Labute approximate surface area is 126 Å². The summed E-state index contributed by atoms with van der Waals surface area (Å²) in [7, 11) is 0. The predicted octanol–water partition coefficient (Wildman–Crippen LogP) is 3.69. The van der Waals surface area contributed by atoms with Gasteiger partial charge in [0.1, 0.15) is 0 Å². The molecule has 112 valence electrons. The molecule has 0 spiro atoms. The SMILES string of the molecule is Cc1nnc(CN(C/C=C/c2ccccc2)C(C)(C)C)o1. The minimum absolute atomic E-state index is 0.0312. The third-order valence-electron chi connectivity index (χ3n) is 3.28. The zero-order valence-corrected chi connectivity index (χ0v) is 13.2. The lowest BCUT2D eigenvalue weighted by atomic mass is 10.1. The monoisotopic (exact) mass is 285 g/mol. The van der Waals surface area contributed by atoms with Crippen LogP contribution in [0.4, 0.5) is 0 Å². The topological polar surface area (TPSA) is 42.2 Å². The zero-order chi connectivity index (χ0) is 15.3. The average Bonchev–Trinajstić information content (AvgIpc) is 2.83. The first-order valence-electron chi connectivity index (χ1n) is 7.21. The van der Waals surface area contributed by atoms with Crippen LogP contribution in [-0.4, -0.2) is 27.2 Å². The number of benzene rings is 1. The van der Waals surface area contributed by atoms with Gasteiger partial charge in [-0.25, -0.2) is 0 Å². The summed E-state index contributed by atoms with van der Waals surface area (Å²) in [5.41, 5.74) is 1.24. The Kier molecular flexibility index (Phi) is 4.91. The molecular formula is C17H23N3O. The van der Waals surface area contributed by atoms with E-state index in [1.165, 1.54) is 5.56 Å². The Morgan fingerprint density at radius 3 is 2.43 bits per heavy atom. The van der Waals surface area contributed by atoms with Crippen LogP contribution in [0.25, 0.3) is 6.08 Å². The number of hydrogen-bond donors (Lipinski definition) is 0. The fourth-order valence-corrected chi connectivity index (χ4v) is 2.02. The fourth-order valence-electron chi connectivity index (χ4n) is 2.02. The summed E-state index contributed by atoms with van der Waals surface area (Å²) in [6, 6.07) is 10.3. The smallest absolute Gasteiger partial charge is 0.230 e. The summed E-state index contributed by atoms with van der Waals surface area (Å²) in [6.45, 7) is 9.86. The van der Waals surface area contributed by atoms with Crippen molar-refractivity contribution in [3.8, 4) is 0 Å². The van der Waals surface area contributed by atoms with E-state index in [4.69, 9.17) is 4.42 Å². The van der Waals surface area contributed by atoms with E-state index in [0.717, 1.165) is 6.54 Å². The van der Waals surface area contributed by atoms with E-state index < -0.39 is 0 Å². The zero-order valence-electron chi connectivity index (χ0n) is 13.2. The molecule has 0 saturated carbocycles. The molecular weight excluding hydrogens is 262 g/mol. The molecule has 0 saturated heterocycles. The number of aromatic nitrogens is 2. The van der Waals surface area contributed by atoms with Crippen LogP contribution in [0.5, 0.6) is 0 Å². The third-order valence-corrected chi connectivity index (χ3v) is 3.28. The summed E-state index contributed by atoms with van der Waals surface area (Å²) in [4.78, 5) is 2.30. The molecule has 0 radical (unpaired) electrons. The minimum atomic E-state index is 0.0312. The molecule has 1 aromatic heterocycles. The first-order chi connectivity index (χ1) is 9.95. The molecule has 4 nitrogen and oxygen atoms in total. The molecule has 0 aliphatic heterocycles. The largest absolute Gasteiger partial charge is 0.424 e. The molecule has 0 unspecified atom stereocenters. The number of nitrogens with zero attached hydrogens (tertiary/aromatic N) is 3. The highest BCUT2D eigenvalue weighted by molar-refractivity contribution is 5.48. The second-order valence-corrected chi connectivity index (χ2v) is 6.08. The van der Waals surface area contributed by atoms with Gasteiger partial charge in [-0.1, -0.05) is 42.5 Å². The summed E-state index contributed by atoms with van der Waals surface area (Å²) in [5.74, 6) is 1.27. The van der Waals surface area contributed by atoms with Crippen LogP contribution in [-0.2, 0) is 6.54 Å². The van der Waals surface area contributed by atoms with Crippen LogP contribution < -0.4 is 0 Å². The van der Waals surface area contributed by atoms with Crippen LogP contribution in [0.3, 0.4) is 0 Å². The predicted molar refractivity (Wildman–Crippen MR) is 84.7 cm³/mol. The summed E-state index contributed by atoms with van der Waals surface area (Å²) in [5, 5.41) is 7.97. The lowest BCUT2D eigenvalue weighted by Crippen LogP contribution is -2.40. The van der Waals surface area contributed by atoms with Crippen molar-refractivity contribution in [1.82, 2.24) is 15.1 Å². The molecule has 0 aliphatic rings. The average molecular weight is 285 g/mol. The molecule has 0 bridgehead atoms. The number of hydrogen-bond acceptors (Lipinski definition) is 4. The van der Waals surface area contributed by atoms with E-state index in [-0.39, 0.29) is 5.54 Å². The maximum Gasteiger partial charge on any atom is 0.230 e. The van der Waals surface area contributed by atoms with Crippen LogP contribution in [0.1, 0.15) is 38.1 Å². The Morgan fingerprint density at radius 1 is 1.14 bits per heavy atom. The van der Waals surface area contributed by atoms with Gasteiger partial charge in [-0.3, -0.25) is 4.90 Å². The Morgan fingerprint density at radius 2 is 1.86 bits per heavy atom. The minimum Gasteiger partial charge on any atom is -0.424 e. The standard InChI is InChI=1S/C17H23N3O/c1-14-18-19-16(21-14)13-20(17(2,3)4)12-8-11-15-9-6-5-7-10-15/h5-11H,12-13H2,1-4H3/b11-8+. The van der Waals surface area contributed by atoms with Crippen molar-refractivity contribution in [3.63, 3.8) is 0 Å². The second kappa shape index (κ2) is 6.68. The maximum atomic E-state index is 5.49. The lowest BCUT2D eigenvalue weighted by Gasteiger charge is -2.33. The van der Waals surface area contributed by atoms with Crippen LogP contribution in [0.2, 0.25) is 0 Å². The van der Waals surface area contributed by atoms with Gasteiger partial charge in [0, 0.05) is 19.0 Å². The van der Waals surface area contributed by atoms with E-state index in [1.54, 1.807) is 0 Å².